The van der Waals surface area contributed by atoms with Crippen LogP contribution in [-0.2, 0) is 6.54 Å². The van der Waals surface area contributed by atoms with E-state index < -0.39 is 0 Å². The Balaban J connectivity index is 2.55. The minimum atomic E-state index is 0.559. The fraction of sp³-hybridized carbons (Fsp3) is 0.684. The molecule has 120 valence electrons. The van der Waals surface area contributed by atoms with Crippen LogP contribution in [0.4, 0.5) is 0 Å². The minimum absolute atomic E-state index is 0.559. The van der Waals surface area contributed by atoms with Gasteiger partial charge in [-0.25, -0.2) is 0 Å². The molecule has 0 radical (unpaired) electrons. The fourth-order valence-electron chi connectivity index (χ4n) is 2.64. The molecule has 1 rings (SSSR count). The smallest absolute Gasteiger partial charge is 0.0233 e. The summed E-state index contributed by atoms with van der Waals surface area (Å²) < 4.78 is 0. The molecule has 1 unspecified atom stereocenters. The third-order valence-corrected chi connectivity index (χ3v) is 3.87. The maximum atomic E-state index is 3.52. The molecular weight excluding hydrogens is 256 g/mol. The Morgan fingerprint density at radius 1 is 0.952 bits per heavy atom. The van der Waals surface area contributed by atoms with Gasteiger partial charge in [-0.2, -0.15) is 0 Å². The molecule has 0 fully saturated rings. The second kappa shape index (κ2) is 9.97. The van der Waals surface area contributed by atoms with Crippen LogP contribution in [0.15, 0.2) is 24.3 Å². The van der Waals surface area contributed by atoms with E-state index in [1.165, 1.54) is 37.1 Å². The van der Waals surface area contributed by atoms with Crippen molar-refractivity contribution in [2.75, 3.05) is 19.6 Å². The molecule has 2 nitrogen and oxygen atoms in total. The van der Waals surface area contributed by atoms with Crippen molar-refractivity contribution in [1.82, 2.24) is 10.2 Å². The summed E-state index contributed by atoms with van der Waals surface area (Å²) in [6.07, 6.45) is 2.46. The molecule has 0 aliphatic carbocycles. The Hall–Kier alpha value is -0.860. The molecule has 0 aliphatic rings. The summed E-state index contributed by atoms with van der Waals surface area (Å²) in [5.74, 6) is 0.573. The van der Waals surface area contributed by atoms with Crippen molar-refractivity contribution in [1.29, 1.82) is 0 Å². The van der Waals surface area contributed by atoms with Crippen LogP contribution in [0.5, 0.6) is 0 Å². The first kappa shape index (κ1) is 18.2. The zero-order chi connectivity index (χ0) is 15.7. The summed E-state index contributed by atoms with van der Waals surface area (Å²) in [5, 5.41) is 3.52. The summed E-state index contributed by atoms with van der Waals surface area (Å²) in [4.78, 5) is 2.55. The van der Waals surface area contributed by atoms with E-state index in [4.69, 9.17) is 0 Å². The van der Waals surface area contributed by atoms with E-state index in [0.717, 1.165) is 13.1 Å². The van der Waals surface area contributed by atoms with E-state index in [2.05, 4.69) is 69.1 Å². The highest BCUT2D eigenvalue weighted by atomic mass is 15.1. The third-order valence-electron chi connectivity index (χ3n) is 3.87. The topological polar surface area (TPSA) is 15.3 Å². The maximum absolute atomic E-state index is 3.52. The van der Waals surface area contributed by atoms with E-state index in [-0.39, 0.29) is 0 Å². The van der Waals surface area contributed by atoms with E-state index in [9.17, 15) is 0 Å². The van der Waals surface area contributed by atoms with Crippen molar-refractivity contribution in [3.63, 3.8) is 0 Å². The van der Waals surface area contributed by atoms with E-state index in [1.54, 1.807) is 0 Å². The normalized spacial score (nSPS) is 13.1. The predicted octanol–water partition coefficient (Wildman–Crippen LogP) is 4.41. The van der Waals surface area contributed by atoms with Crippen LogP contribution < -0.4 is 5.32 Å². The third kappa shape index (κ3) is 7.10. The highest BCUT2D eigenvalue weighted by molar-refractivity contribution is 5.25. The van der Waals surface area contributed by atoms with Crippen molar-refractivity contribution >= 4 is 0 Å². The van der Waals surface area contributed by atoms with Gasteiger partial charge in [-0.15, -0.1) is 0 Å². The van der Waals surface area contributed by atoms with Crippen LogP contribution >= 0.6 is 0 Å². The number of rotatable bonds is 10. The maximum Gasteiger partial charge on any atom is 0.0233 e. The second-order valence-corrected chi connectivity index (χ2v) is 6.48. The quantitative estimate of drug-likeness (QED) is 0.686. The molecule has 0 aromatic heterocycles. The molecule has 21 heavy (non-hydrogen) atoms. The summed E-state index contributed by atoms with van der Waals surface area (Å²) >= 11 is 0. The lowest BCUT2D eigenvalue weighted by Gasteiger charge is -2.21. The second-order valence-electron chi connectivity index (χ2n) is 6.48. The van der Waals surface area contributed by atoms with Gasteiger partial charge < -0.3 is 5.32 Å². The lowest BCUT2D eigenvalue weighted by Crippen LogP contribution is -2.27. The predicted molar refractivity (Wildman–Crippen MR) is 93.9 cm³/mol. The first-order valence-corrected chi connectivity index (χ1v) is 8.61. The molecule has 0 aliphatic heterocycles. The highest BCUT2D eigenvalue weighted by Gasteiger charge is 2.07. The molecule has 0 amide bonds. The van der Waals surface area contributed by atoms with Gasteiger partial charge in [-0.1, -0.05) is 58.9 Å². The zero-order valence-electron chi connectivity index (χ0n) is 14.7. The van der Waals surface area contributed by atoms with Gasteiger partial charge in [0.15, 0.2) is 0 Å². The standard InChI is InChI=1S/C19H34N2/c1-6-12-21(13-7-2)15-18-8-10-19(11-9-18)17(5)14-20-16(3)4/h8-11,16-17,20H,6-7,12-15H2,1-5H3. The molecule has 1 atom stereocenters. The molecule has 0 spiro atoms. The van der Waals surface area contributed by atoms with Crippen LogP contribution in [0, 0.1) is 0 Å². The van der Waals surface area contributed by atoms with Gasteiger partial charge in [0.05, 0.1) is 0 Å². The fourth-order valence-corrected chi connectivity index (χ4v) is 2.64. The van der Waals surface area contributed by atoms with Crippen molar-refractivity contribution in [3.8, 4) is 0 Å². The molecule has 2 heteroatoms. The Morgan fingerprint density at radius 3 is 2.00 bits per heavy atom. The molecule has 1 N–H and O–H groups in total. The number of hydrogen-bond donors (Lipinski definition) is 1. The minimum Gasteiger partial charge on any atom is -0.314 e. The van der Waals surface area contributed by atoms with Crippen LogP contribution in [0.1, 0.15) is 64.5 Å². The first-order chi connectivity index (χ1) is 10.1. The van der Waals surface area contributed by atoms with Crippen LogP contribution in [0.2, 0.25) is 0 Å². The Morgan fingerprint density at radius 2 is 1.52 bits per heavy atom. The lowest BCUT2D eigenvalue weighted by molar-refractivity contribution is 0.266. The summed E-state index contributed by atoms with van der Waals surface area (Å²) in [5.41, 5.74) is 2.87. The molecule has 0 heterocycles. The zero-order valence-corrected chi connectivity index (χ0v) is 14.7. The van der Waals surface area contributed by atoms with Gasteiger partial charge in [0.1, 0.15) is 0 Å². The van der Waals surface area contributed by atoms with Crippen molar-refractivity contribution in [2.24, 2.45) is 0 Å². The molecular formula is C19H34N2. The number of nitrogens with zero attached hydrogens (tertiary/aromatic N) is 1. The van der Waals surface area contributed by atoms with Crippen molar-refractivity contribution < 1.29 is 0 Å². The van der Waals surface area contributed by atoms with Gasteiger partial charge in [0.2, 0.25) is 0 Å². The molecule has 0 saturated carbocycles. The van der Waals surface area contributed by atoms with E-state index >= 15 is 0 Å². The van der Waals surface area contributed by atoms with Crippen LogP contribution in [0.3, 0.4) is 0 Å². The van der Waals surface area contributed by atoms with Crippen molar-refractivity contribution in [3.05, 3.63) is 35.4 Å². The monoisotopic (exact) mass is 290 g/mol. The Bertz CT molecular complexity index is 364. The molecule has 1 aromatic carbocycles. The average Bonchev–Trinajstić information content (AvgIpc) is 2.46. The van der Waals surface area contributed by atoms with E-state index in [0.29, 0.717) is 12.0 Å². The van der Waals surface area contributed by atoms with Gasteiger partial charge in [-0.05, 0) is 43.0 Å². The van der Waals surface area contributed by atoms with Crippen LogP contribution in [-0.4, -0.2) is 30.6 Å². The van der Waals surface area contributed by atoms with Gasteiger partial charge in [0.25, 0.3) is 0 Å². The number of nitrogens with one attached hydrogen (secondary N) is 1. The first-order valence-electron chi connectivity index (χ1n) is 8.61. The number of benzene rings is 1. The molecule has 1 aromatic rings. The van der Waals surface area contributed by atoms with E-state index in [1.807, 2.05) is 0 Å². The lowest BCUT2D eigenvalue weighted by atomic mass is 9.99. The molecule has 0 saturated heterocycles. The van der Waals surface area contributed by atoms with Crippen LogP contribution in [0.25, 0.3) is 0 Å². The van der Waals surface area contributed by atoms with Gasteiger partial charge in [-0.3, -0.25) is 4.90 Å². The summed E-state index contributed by atoms with van der Waals surface area (Å²) in [7, 11) is 0. The Labute approximate surface area is 131 Å². The Kier molecular flexibility index (Phi) is 8.63. The van der Waals surface area contributed by atoms with Gasteiger partial charge in [0, 0.05) is 19.1 Å². The molecule has 0 bridgehead atoms. The highest BCUT2D eigenvalue weighted by Crippen LogP contribution is 2.16. The largest absolute Gasteiger partial charge is 0.314 e. The summed E-state index contributed by atoms with van der Waals surface area (Å²) in [6.45, 7) is 15.7. The average molecular weight is 290 g/mol. The SMILES string of the molecule is CCCN(CCC)Cc1ccc(C(C)CNC(C)C)cc1. The number of hydrogen-bond acceptors (Lipinski definition) is 2. The summed E-state index contributed by atoms with van der Waals surface area (Å²) in [6, 6.07) is 9.78. The van der Waals surface area contributed by atoms with Crippen molar-refractivity contribution in [2.45, 2.75) is 66.0 Å². The van der Waals surface area contributed by atoms with Gasteiger partial charge >= 0.3 is 0 Å².